The fraction of sp³-hybridized carbons (Fsp3) is 0.667. The number of hydrogen-bond acceptors (Lipinski definition) is 4. The van der Waals surface area contributed by atoms with Crippen molar-refractivity contribution < 1.29 is 9.15 Å². The molecule has 2 heterocycles. The monoisotopic (exact) mass is 182 g/mol. The molecule has 72 valence electrons. The van der Waals surface area contributed by atoms with Crippen molar-refractivity contribution in [2.45, 2.75) is 31.9 Å². The van der Waals surface area contributed by atoms with E-state index in [-0.39, 0.29) is 6.10 Å². The molecule has 0 radical (unpaired) electrons. The van der Waals surface area contributed by atoms with Gasteiger partial charge in [0.15, 0.2) is 0 Å². The second-order valence-electron chi connectivity index (χ2n) is 3.22. The van der Waals surface area contributed by atoms with Crippen molar-refractivity contribution >= 4 is 0 Å². The number of ether oxygens (including phenoxy) is 1. The smallest absolute Gasteiger partial charge is 0.223 e. The molecule has 13 heavy (non-hydrogen) atoms. The van der Waals surface area contributed by atoms with Gasteiger partial charge in [-0.2, -0.15) is 0 Å². The van der Waals surface area contributed by atoms with E-state index in [2.05, 4.69) is 4.98 Å². The van der Waals surface area contributed by atoms with Crippen molar-refractivity contribution in [3.05, 3.63) is 17.8 Å². The highest BCUT2D eigenvalue weighted by Crippen LogP contribution is 2.26. The van der Waals surface area contributed by atoms with Crippen LogP contribution in [0.15, 0.2) is 10.6 Å². The summed E-state index contributed by atoms with van der Waals surface area (Å²) in [5, 5.41) is 0. The van der Waals surface area contributed by atoms with Gasteiger partial charge in [-0.25, -0.2) is 4.98 Å². The van der Waals surface area contributed by atoms with Gasteiger partial charge in [0.05, 0.1) is 12.7 Å². The van der Waals surface area contributed by atoms with Gasteiger partial charge in [0.2, 0.25) is 5.89 Å². The molecule has 0 spiro atoms. The molecule has 1 atom stereocenters. The lowest BCUT2D eigenvalue weighted by atomic mass is 10.1. The lowest BCUT2D eigenvalue weighted by molar-refractivity contribution is -0.00202. The third-order valence-electron chi connectivity index (χ3n) is 2.23. The minimum atomic E-state index is 0.0500. The Kier molecular flexibility index (Phi) is 2.61. The van der Waals surface area contributed by atoms with Crippen LogP contribution in [0.2, 0.25) is 0 Å². The SMILES string of the molecule is NCc1cnc(C2CCCCO2)o1. The van der Waals surface area contributed by atoms with Crippen LogP contribution in [-0.2, 0) is 11.3 Å². The van der Waals surface area contributed by atoms with Crippen molar-refractivity contribution in [3.8, 4) is 0 Å². The molecule has 1 unspecified atom stereocenters. The number of nitrogens with two attached hydrogens (primary N) is 1. The van der Waals surface area contributed by atoms with E-state index in [1.807, 2.05) is 0 Å². The molecule has 1 aliphatic heterocycles. The molecule has 1 fully saturated rings. The van der Waals surface area contributed by atoms with E-state index < -0.39 is 0 Å². The number of rotatable bonds is 2. The Morgan fingerprint density at radius 2 is 2.46 bits per heavy atom. The van der Waals surface area contributed by atoms with Crippen LogP contribution in [0.25, 0.3) is 0 Å². The molecule has 0 bridgehead atoms. The first-order chi connectivity index (χ1) is 6.40. The van der Waals surface area contributed by atoms with E-state index in [0.717, 1.165) is 25.2 Å². The van der Waals surface area contributed by atoms with Crippen LogP contribution < -0.4 is 5.73 Å². The molecular formula is C9H14N2O2. The van der Waals surface area contributed by atoms with Gasteiger partial charge in [-0.05, 0) is 19.3 Å². The van der Waals surface area contributed by atoms with Crippen molar-refractivity contribution in [1.29, 1.82) is 0 Å². The summed E-state index contributed by atoms with van der Waals surface area (Å²) >= 11 is 0. The Morgan fingerprint density at radius 1 is 1.54 bits per heavy atom. The first-order valence-corrected chi connectivity index (χ1v) is 4.66. The number of oxazole rings is 1. The molecule has 4 nitrogen and oxygen atoms in total. The predicted octanol–water partition coefficient (Wildman–Crippen LogP) is 1.37. The molecular weight excluding hydrogens is 168 g/mol. The predicted molar refractivity (Wildman–Crippen MR) is 46.9 cm³/mol. The topological polar surface area (TPSA) is 61.3 Å². The molecule has 1 aromatic heterocycles. The van der Waals surface area contributed by atoms with E-state index >= 15 is 0 Å². The van der Waals surface area contributed by atoms with E-state index in [1.54, 1.807) is 6.20 Å². The summed E-state index contributed by atoms with van der Waals surface area (Å²) in [4.78, 5) is 4.14. The normalized spacial score (nSPS) is 23.3. The summed E-state index contributed by atoms with van der Waals surface area (Å²) < 4.78 is 10.9. The van der Waals surface area contributed by atoms with E-state index in [0.29, 0.717) is 12.4 Å². The van der Waals surface area contributed by atoms with Crippen LogP contribution in [0, 0.1) is 0 Å². The number of nitrogens with zero attached hydrogens (tertiary/aromatic N) is 1. The summed E-state index contributed by atoms with van der Waals surface area (Å²) in [5.74, 6) is 1.41. The zero-order chi connectivity index (χ0) is 9.10. The molecule has 1 saturated heterocycles. The molecule has 2 N–H and O–H groups in total. The maximum Gasteiger partial charge on any atom is 0.223 e. The van der Waals surface area contributed by atoms with Crippen molar-refractivity contribution in [2.75, 3.05) is 6.61 Å². The van der Waals surface area contributed by atoms with Gasteiger partial charge in [0.25, 0.3) is 0 Å². The summed E-state index contributed by atoms with van der Waals surface area (Å²) in [5.41, 5.74) is 5.42. The Morgan fingerprint density at radius 3 is 3.08 bits per heavy atom. The molecule has 0 aromatic carbocycles. The Bertz CT molecular complexity index is 266. The van der Waals surface area contributed by atoms with Crippen LogP contribution in [0.4, 0.5) is 0 Å². The average molecular weight is 182 g/mol. The number of aromatic nitrogens is 1. The van der Waals surface area contributed by atoms with Crippen LogP contribution in [0.5, 0.6) is 0 Å². The molecule has 0 amide bonds. The van der Waals surface area contributed by atoms with E-state index in [1.165, 1.54) is 6.42 Å². The fourth-order valence-corrected chi connectivity index (χ4v) is 1.50. The molecule has 2 rings (SSSR count). The summed E-state index contributed by atoms with van der Waals surface area (Å²) in [6.07, 6.45) is 5.05. The van der Waals surface area contributed by atoms with Gasteiger partial charge >= 0.3 is 0 Å². The first-order valence-electron chi connectivity index (χ1n) is 4.66. The van der Waals surface area contributed by atoms with Gasteiger partial charge in [0.1, 0.15) is 11.9 Å². The third kappa shape index (κ3) is 1.89. The zero-order valence-corrected chi connectivity index (χ0v) is 7.53. The quantitative estimate of drug-likeness (QED) is 0.750. The largest absolute Gasteiger partial charge is 0.442 e. The highest BCUT2D eigenvalue weighted by atomic mass is 16.5. The summed E-state index contributed by atoms with van der Waals surface area (Å²) in [7, 11) is 0. The molecule has 1 aliphatic rings. The minimum absolute atomic E-state index is 0.0500. The van der Waals surface area contributed by atoms with Gasteiger partial charge in [-0.15, -0.1) is 0 Å². The van der Waals surface area contributed by atoms with Crippen molar-refractivity contribution in [2.24, 2.45) is 5.73 Å². The third-order valence-corrected chi connectivity index (χ3v) is 2.23. The average Bonchev–Trinajstić information content (AvgIpc) is 2.67. The maximum atomic E-state index is 5.52. The molecule has 1 aromatic rings. The maximum absolute atomic E-state index is 5.52. The minimum Gasteiger partial charge on any atom is -0.442 e. The Labute approximate surface area is 77.1 Å². The van der Waals surface area contributed by atoms with Crippen molar-refractivity contribution in [1.82, 2.24) is 4.98 Å². The van der Waals surface area contributed by atoms with E-state index in [9.17, 15) is 0 Å². The van der Waals surface area contributed by atoms with Gasteiger partial charge in [-0.1, -0.05) is 0 Å². The van der Waals surface area contributed by atoms with Crippen LogP contribution in [-0.4, -0.2) is 11.6 Å². The Hall–Kier alpha value is -0.870. The van der Waals surface area contributed by atoms with Gasteiger partial charge in [-0.3, -0.25) is 0 Å². The fourth-order valence-electron chi connectivity index (χ4n) is 1.50. The standard InChI is InChI=1S/C9H14N2O2/c10-5-7-6-11-9(13-7)8-3-1-2-4-12-8/h6,8H,1-5,10H2. The van der Waals surface area contributed by atoms with Crippen LogP contribution in [0.1, 0.15) is 37.0 Å². The lowest BCUT2D eigenvalue weighted by Crippen LogP contribution is -2.11. The summed E-state index contributed by atoms with van der Waals surface area (Å²) in [6, 6.07) is 0. The van der Waals surface area contributed by atoms with Crippen LogP contribution >= 0.6 is 0 Å². The van der Waals surface area contributed by atoms with Gasteiger partial charge < -0.3 is 14.9 Å². The highest BCUT2D eigenvalue weighted by molar-refractivity contribution is 4.96. The summed E-state index contributed by atoms with van der Waals surface area (Å²) in [6.45, 7) is 1.21. The second-order valence-corrected chi connectivity index (χ2v) is 3.22. The second kappa shape index (κ2) is 3.89. The Balaban J connectivity index is 2.05. The zero-order valence-electron chi connectivity index (χ0n) is 7.53. The molecule has 0 aliphatic carbocycles. The lowest BCUT2D eigenvalue weighted by Gasteiger charge is -2.19. The first kappa shape index (κ1) is 8.72. The highest BCUT2D eigenvalue weighted by Gasteiger charge is 2.20. The van der Waals surface area contributed by atoms with Crippen LogP contribution in [0.3, 0.4) is 0 Å². The molecule has 4 heteroatoms. The van der Waals surface area contributed by atoms with Crippen molar-refractivity contribution in [3.63, 3.8) is 0 Å². The molecule has 0 saturated carbocycles. The van der Waals surface area contributed by atoms with E-state index in [4.69, 9.17) is 14.9 Å². The van der Waals surface area contributed by atoms with Gasteiger partial charge in [0, 0.05) is 6.61 Å². The number of hydrogen-bond donors (Lipinski definition) is 1.